The first kappa shape index (κ1) is 12.2. The second kappa shape index (κ2) is 4.96. The number of benzene rings is 1. The summed E-state index contributed by atoms with van der Waals surface area (Å²) in [6, 6.07) is 6.15. The largest absolute Gasteiger partial charge is 0.493 e. The Labute approximate surface area is 103 Å². The second-order valence-corrected chi connectivity index (χ2v) is 4.76. The van der Waals surface area contributed by atoms with Crippen molar-refractivity contribution >= 4 is 0 Å². The Morgan fingerprint density at radius 2 is 2.24 bits per heavy atom. The van der Waals surface area contributed by atoms with Gasteiger partial charge in [0.1, 0.15) is 0 Å². The predicted molar refractivity (Wildman–Crippen MR) is 69.0 cm³/mol. The molecule has 0 aromatic heterocycles. The molecule has 1 saturated heterocycles. The standard InChI is InChI=1S/C14H21NO2/c1-4-17-13-11(6-5-7-12(13)16-3)14(2)8-9-15-10-14/h5-7,15H,4,8-10H2,1-3H3. The molecule has 0 saturated carbocycles. The molecule has 1 aliphatic heterocycles. The van der Waals surface area contributed by atoms with Crippen LogP contribution < -0.4 is 14.8 Å². The van der Waals surface area contributed by atoms with Gasteiger partial charge in [0.25, 0.3) is 0 Å². The van der Waals surface area contributed by atoms with Gasteiger partial charge in [-0.25, -0.2) is 0 Å². The number of hydrogen-bond donors (Lipinski definition) is 1. The molecule has 3 nitrogen and oxygen atoms in total. The van der Waals surface area contributed by atoms with Crippen LogP contribution in [0.5, 0.6) is 11.5 Å². The Morgan fingerprint density at radius 1 is 1.41 bits per heavy atom. The zero-order chi connectivity index (χ0) is 12.3. The van der Waals surface area contributed by atoms with E-state index in [1.807, 2.05) is 19.1 Å². The molecule has 1 heterocycles. The number of hydrogen-bond acceptors (Lipinski definition) is 3. The lowest BCUT2D eigenvalue weighted by Gasteiger charge is -2.26. The van der Waals surface area contributed by atoms with Crippen molar-refractivity contribution in [2.75, 3.05) is 26.8 Å². The van der Waals surface area contributed by atoms with E-state index < -0.39 is 0 Å². The summed E-state index contributed by atoms with van der Waals surface area (Å²) in [6.07, 6.45) is 1.14. The molecule has 1 N–H and O–H groups in total. The zero-order valence-corrected chi connectivity index (χ0v) is 10.9. The van der Waals surface area contributed by atoms with E-state index >= 15 is 0 Å². The Balaban J connectivity index is 2.44. The molecule has 94 valence electrons. The molecule has 0 amide bonds. The highest BCUT2D eigenvalue weighted by Gasteiger charge is 2.34. The third-order valence-corrected chi connectivity index (χ3v) is 3.51. The van der Waals surface area contributed by atoms with Gasteiger partial charge in [-0.15, -0.1) is 0 Å². The lowest BCUT2D eigenvalue weighted by atomic mass is 9.81. The topological polar surface area (TPSA) is 30.5 Å². The molecule has 0 spiro atoms. The van der Waals surface area contributed by atoms with Crippen molar-refractivity contribution in [1.82, 2.24) is 5.32 Å². The van der Waals surface area contributed by atoms with Crippen molar-refractivity contribution < 1.29 is 9.47 Å². The van der Waals surface area contributed by atoms with E-state index in [1.54, 1.807) is 7.11 Å². The number of ether oxygens (including phenoxy) is 2. The first-order valence-electron chi connectivity index (χ1n) is 6.22. The van der Waals surface area contributed by atoms with Crippen LogP contribution in [0.4, 0.5) is 0 Å². The summed E-state index contributed by atoms with van der Waals surface area (Å²) in [6.45, 7) is 7.02. The summed E-state index contributed by atoms with van der Waals surface area (Å²) in [5.74, 6) is 1.74. The maximum absolute atomic E-state index is 5.78. The van der Waals surface area contributed by atoms with Crippen molar-refractivity contribution in [3.8, 4) is 11.5 Å². The van der Waals surface area contributed by atoms with E-state index in [1.165, 1.54) is 5.56 Å². The first-order chi connectivity index (χ1) is 8.21. The van der Waals surface area contributed by atoms with Crippen LogP contribution in [0.1, 0.15) is 25.8 Å². The highest BCUT2D eigenvalue weighted by Crippen LogP contribution is 2.41. The summed E-state index contributed by atoms with van der Waals surface area (Å²) >= 11 is 0. The van der Waals surface area contributed by atoms with Crippen molar-refractivity contribution in [3.63, 3.8) is 0 Å². The fraction of sp³-hybridized carbons (Fsp3) is 0.571. The van der Waals surface area contributed by atoms with Gasteiger partial charge < -0.3 is 14.8 Å². The maximum atomic E-state index is 5.78. The molecule has 2 rings (SSSR count). The van der Waals surface area contributed by atoms with Crippen molar-refractivity contribution in [2.45, 2.75) is 25.7 Å². The van der Waals surface area contributed by atoms with Crippen LogP contribution in [0, 0.1) is 0 Å². The lowest BCUT2D eigenvalue weighted by Crippen LogP contribution is -2.25. The number of methoxy groups -OCH3 is 1. The molecule has 1 aliphatic rings. The Kier molecular flexibility index (Phi) is 3.57. The van der Waals surface area contributed by atoms with Gasteiger partial charge in [-0.1, -0.05) is 19.1 Å². The molecular formula is C14H21NO2. The van der Waals surface area contributed by atoms with E-state index in [0.717, 1.165) is 31.0 Å². The quantitative estimate of drug-likeness (QED) is 0.869. The zero-order valence-electron chi connectivity index (χ0n) is 10.9. The normalized spacial score (nSPS) is 23.7. The lowest BCUT2D eigenvalue weighted by molar-refractivity contribution is 0.300. The molecule has 1 aromatic rings. The van der Waals surface area contributed by atoms with Crippen LogP contribution in [-0.4, -0.2) is 26.8 Å². The molecule has 1 fully saturated rings. The summed E-state index contributed by atoms with van der Waals surface area (Å²) < 4.78 is 11.2. The highest BCUT2D eigenvalue weighted by atomic mass is 16.5. The second-order valence-electron chi connectivity index (χ2n) is 4.76. The van der Waals surface area contributed by atoms with Crippen LogP contribution in [0.3, 0.4) is 0 Å². The minimum absolute atomic E-state index is 0.152. The number of rotatable bonds is 4. The SMILES string of the molecule is CCOc1c(OC)cccc1C1(C)CCNC1. The van der Waals surface area contributed by atoms with Gasteiger partial charge in [0.05, 0.1) is 13.7 Å². The van der Waals surface area contributed by atoms with E-state index in [2.05, 4.69) is 18.3 Å². The fourth-order valence-corrected chi connectivity index (χ4v) is 2.49. The molecule has 1 aromatic carbocycles. The van der Waals surface area contributed by atoms with Crippen LogP contribution in [0.15, 0.2) is 18.2 Å². The van der Waals surface area contributed by atoms with Crippen molar-refractivity contribution in [3.05, 3.63) is 23.8 Å². The van der Waals surface area contributed by atoms with Gasteiger partial charge >= 0.3 is 0 Å². The molecule has 0 bridgehead atoms. The van der Waals surface area contributed by atoms with Gasteiger partial charge in [-0.05, 0) is 26.0 Å². The average molecular weight is 235 g/mol. The van der Waals surface area contributed by atoms with E-state index in [4.69, 9.17) is 9.47 Å². The minimum Gasteiger partial charge on any atom is -0.493 e. The average Bonchev–Trinajstić information content (AvgIpc) is 2.78. The van der Waals surface area contributed by atoms with Crippen LogP contribution in [0.25, 0.3) is 0 Å². The smallest absolute Gasteiger partial charge is 0.164 e. The fourth-order valence-electron chi connectivity index (χ4n) is 2.49. The molecule has 1 unspecified atom stereocenters. The Hall–Kier alpha value is -1.22. The monoisotopic (exact) mass is 235 g/mol. The number of nitrogens with one attached hydrogen (secondary N) is 1. The van der Waals surface area contributed by atoms with Gasteiger partial charge in [0.15, 0.2) is 11.5 Å². The number of para-hydroxylation sites is 1. The maximum Gasteiger partial charge on any atom is 0.164 e. The molecule has 3 heteroatoms. The minimum atomic E-state index is 0.152. The van der Waals surface area contributed by atoms with Crippen LogP contribution >= 0.6 is 0 Å². The van der Waals surface area contributed by atoms with Gasteiger partial charge in [0, 0.05) is 17.5 Å². The van der Waals surface area contributed by atoms with Gasteiger partial charge in [0.2, 0.25) is 0 Å². The summed E-state index contributed by atoms with van der Waals surface area (Å²) in [4.78, 5) is 0. The van der Waals surface area contributed by atoms with Crippen LogP contribution in [0.2, 0.25) is 0 Å². The van der Waals surface area contributed by atoms with Crippen molar-refractivity contribution in [2.24, 2.45) is 0 Å². The third kappa shape index (κ3) is 2.25. The first-order valence-corrected chi connectivity index (χ1v) is 6.22. The molecule has 17 heavy (non-hydrogen) atoms. The van der Waals surface area contributed by atoms with Crippen LogP contribution in [-0.2, 0) is 5.41 Å². The summed E-state index contributed by atoms with van der Waals surface area (Å²) in [7, 11) is 1.69. The van der Waals surface area contributed by atoms with E-state index in [-0.39, 0.29) is 5.41 Å². The summed E-state index contributed by atoms with van der Waals surface area (Å²) in [5, 5.41) is 3.42. The van der Waals surface area contributed by atoms with E-state index in [0.29, 0.717) is 6.61 Å². The predicted octanol–water partition coefficient (Wildman–Crippen LogP) is 2.34. The molecule has 1 atom stereocenters. The Bertz CT molecular complexity index is 384. The Morgan fingerprint density at radius 3 is 2.82 bits per heavy atom. The van der Waals surface area contributed by atoms with Crippen molar-refractivity contribution in [1.29, 1.82) is 0 Å². The third-order valence-electron chi connectivity index (χ3n) is 3.51. The summed E-state index contributed by atoms with van der Waals surface area (Å²) in [5.41, 5.74) is 1.41. The van der Waals surface area contributed by atoms with Gasteiger partial charge in [-0.3, -0.25) is 0 Å². The molecule has 0 radical (unpaired) electrons. The van der Waals surface area contributed by atoms with Gasteiger partial charge in [-0.2, -0.15) is 0 Å². The highest BCUT2D eigenvalue weighted by molar-refractivity contribution is 5.50. The molecule has 0 aliphatic carbocycles. The van der Waals surface area contributed by atoms with E-state index in [9.17, 15) is 0 Å². The molecular weight excluding hydrogens is 214 g/mol.